The molecule has 0 N–H and O–H groups in total. The summed E-state index contributed by atoms with van der Waals surface area (Å²) in [7, 11) is 1.59. The predicted octanol–water partition coefficient (Wildman–Crippen LogP) is 4.58. The number of amides is 1. The van der Waals surface area contributed by atoms with Crippen molar-refractivity contribution in [3.05, 3.63) is 58.4 Å². The molecule has 0 bridgehead atoms. The van der Waals surface area contributed by atoms with Crippen LogP contribution in [0.2, 0.25) is 0 Å². The Hall–Kier alpha value is -2.80. The van der Waals surface area contributed by atoms with E-state index in [0.717, 1.165) is 24.8 Å². The van der Waals surface area contributed by atoms with Crippen LogP contribution in [0.25, 0.3) is 16.6 Å². The zero-order valence-corrected chi connectivity index (χ0v) is 19.8. The summed E-state index contributed by atoms with van der Waals surface area (Å²) in [5, 5.41) is 1.02. The van der Waals surface area contributed by atoms with Crippen LogP contribution in [-0.4, -0.2) is 45.3 Å². The number of nitrogens with zero attached hydrogens (tertiary/aromatic N) is 3. The first kappa shape index (κ1) is 22.4. The number of methoxy groups -OCH3 is 1. The number of carbonyl (C=O) groups excluding carboxylic acids is 1. The Morgan fingerprint density at radius 1 is 1.16 bits per heavy atom. The second kappa shape index (κ2) is 9.36. The molecule has 1 aliphatic rings. The number of aromatic nitrogens is 2. The van der Waals surface area contributed by atoms with Crippen LogP contribution in [0, 0.1) is 6.92 Å². The summed E-state index contributed by atoms with van der Waals surface area (Å²) in [6.45, 7) is 6.19. The van der Waals surface area contributed by atoms with Gasteiger partial charge in [-0.3, -0.25) is 14.2 Å². The fourth-order valence-electron chi connectivity index (χ4n) is 4.51. The lowest BCUT2D eigenvalue weighted by molar-refractivity contribution is -0.134. The number of benzene rings is 2. The molecule has 6 nitrogen and oxygen atoms in total. The maximum absolute atomic E-state index is 13.5. The molecule has 2 atom stereocenters. The molecule has 1 saturated heterocycles. The third-order valence-corrected chi connectivity index (χ3v) is 7.05. The maximum atomic E-state index is 13.5. The lowest BCUT2D eigenvalue weighted by Crippen LogP contribution is -2.48. The van der Waals surface area contributed by atoms with Gasteiger partial charge in [0.1, 0.15) is 5.75 Å². The first-order chi connectivity index (χ1) is 15.4. The molecule has 32 heavy (non-hydrogen) atoms. The molecule has 1 aromatic heterocycles. The molecule has 2 aromatic carbocycles. The minimum atomic E-state index is -0.172. The van der Waals surface area contributed by atoms with Gasteiger partial charge in [0, 0.05) is 12.1 Å². The molecule has 0 radical (unpaired) electrons. The Balaban J connectivity index is 1.77. The van der Waals surface area contributed by atoms with E-state index in [1.165, 1.54) is 11.8 Å². The van der Waals surface area contributed by atoms with E-state index in [2.05, 4.69) is 13.8 Å². The topological polar surface area (TPSA) is 64.4 Å². The van der Waals surface area contributed by atoms with Crippen LogP contribution in [0.1, 0.15) is 38.7 Å². The second-order valence-corrected chi connectivity index (χ2v) is 9.39. The van der Waals surface area contributed by atoms with Gasteiger partial charge in [0.15, 0.2) is 5.16 Å². The molecule has 7 heteroatoms. The van der Waals surface area contributed by atoms with E-state index in [-0.39, 0.29) is 29.3 Å². The molecule has 3 aromatic rings. The third kappa shape index (κ3) is 4.26. The van der Waals surface area contributed by atoms with Crippen LogP contribution in [-0.2, 0) is 4.79 Å². The molecule has 0 aliphatic carbocycles. The van der Waals surface area contributed by atoms with Gasteiger partial charge in [-0.1, -0.05) is 30.0 Å². The summed E-state index contributed by atoms with van der Waals surface area (Å²) in [4.78, 5) is 33.4. The average molecular weight is 452 g/mol. The van der Waals surface area contributed by atoms with Gasteiger partial charge in [-0.15, -0.1) is 0 Å². The van der Waals surface area contributed by atoms with Crippen LogP contribution in [0.4, 0.5) is 0 Å². The number of ether oxygens (including phenoxy) is 1. The van der Waals surface area contributed by atoms with Crippen LogP contribution < -0.4 is 10.3 Å². The third-order valence-electron chi connectivity index (χ3n) is 6.13. The Morgan fingerprint density at radius 2 is 1.88 bits per heavy atom. The fraction of sp³-hybridized carbons (Fsp3) is 0.400. The average Bonchev–Trinajstić information content (AvgIpc) is 2.77. The molecule has 168 valence electrons. The lowest BCUT2D eigenvalue weighted by Gasteiger charge is -2.39. The molecule has 1 fully saturated rings. The van der Waals surface area contributed by atoms with Crippen molar-refractivity contribution in [1.29, 1.82) is 0 Å². The summed E-state index contributed by atoms with van der Waals surface area (Å²) < 4.78 is 7.13. The number of carbonyl (C=O) groups is 1. The number of likely N-dealkylation sites (tertiary alicyclic amines) is 1. The summed E-state index contributed by atoms with van der Waals surface area (Å²) in [5.41, 5.74) is 2.08. The van der Waals surface area contributed by atoms with Crippen molar-refractivity contribution in [2.75, 3.05) is 12.9 Å². The van der Waals surface area contributed by atoms with Gasteiger partial charge in [-0.2, -0.15) is 0 Å². The summed E-state index contributed by atoms with van der Waals surface area (Å²) in [6, 6.07) is 13.5. The van der Waals surface area contributed by atoms with Gasteiger partial charge in [0.25, 0.3) is 5.56 Å². The van der Waals surface area contributed by atoms with E-state index in [4.69, 9.17) is 9.72 Å². The molecular formula is C25H29N3O3S. The molecule has 2 heterocycles. The van der Waals surface area contributed by atoms with Crippen LogP contribution in [0.15, 0.2) is 52.4 Å². The number of rotatable bonds is 5. The van der Waals surface area contributed by atoms with Gasteiger partial charge in [0.2, 0.25) is 5.91 Å². The zero-order valence-electron chi connectivity index (χ0n) is 19.0. The molecule has 1 amide bonds. The standard InChI is InChI=1S/C25H29N3O3S/c1-16-12-13-22(31-4)21(14-16)28-24(30)19-10-5-6-11-20(19)26-25(28)32-15-23(29)27-17(2)8-7-9-18(27)3/h5-6,10-14,17-18H,7-9,15H2,1-4H3/t17-,18-/m0/s1. The minimum absolute atomic E-state index is 0.0832. The van der Waals surface area contributed by atoms with Crippen molar-refractivity contribution in [3.63, 3.8) is 0 Å². The van der Waals surface area contributed by atoms with Crippen LogP contribution >= 0.6 is 11.8 Å². The molecule has 0 unspecified atom stereocenters. The van der Waals surface area contributed by atoms with Crippen molar-refractivity contribution in [2.24, 2.45) is 0 Å². The van der Waals surface area contributed by atoms with E-state index in [1.807, 2.05) is 48.2 Å². The molecule has 0 spiro atoms. The highest BCUT2D eigenvalue weighted by molar-refractivity contribution is 7.99. The lowest BCUT2D eigenvalue weighted by atomic mass is 9.98. The smallest absolute Gasteiger partial charge is 0.266 e. The normalized spacial score (nSPS) is 18.7. The number of hydrogen-bond acceptors (Lipinski definition) is 5. The molecular weight excluding hydrogens is 422 g/mol. The van der Waals surface area contributed by atoms with E-state index >= 15 is 0 Å². The van der Waals surface area contributed by atoms with Crippen LogP contribution in [0.3, 0.4) is 0 Å². The highest BCUT2D eigenvalue weighted by Crippen LogP contribution is 2.29. The van der Waals surface area contributed by atoms with Crippen molar-refractivity contribution >= 4 is 28.6 Å². The number of aryl methyl sites for hydroxylation is 1. The Bertz CT molecular complexity index is 1200. The quantitative estimate of drug-likeness (QED) is 0.420. The van der Waals surface area contributed by atoms with Crippen molar-refractivity contribution in [3.8, 4) is 11.4 Å². The number of thioether (sulfide) groups is 1. The first-order valence-corrected chi connectivity index (χ1v) is 12.0. The Morgan fingerprint density at radius 3 is 2.59 bits per heavy atom. The monoisotopic (exact) mass is 451 g/mol. The number of hydrogen-bond donors (Lipinski definition) is 0. The highest BCUT2D eigenvalue weighted by Gasteiger charge is 2.29. The van der Waals surface area contributed by atoms with E-state index in [0.29, 0.717) is 27.5 Å². The summed E-state index contributed by atoms with van der Waals surface area (Å²) >= 11 is 1.31. The van der Waals surface area contributed by atoms with Gasteiger partial charge < -0.3 is 9.64 Å². The molecule has 4 rings (SSSR count). The SMILES string of the molecule is COc1ccc(C)cc1-n1c(SCC(=O)N2[C@@H](C)CCC[C@@H]2C)nc2ccccc2c1=O. The maximum Gasteiger partial charge on any atom is 0.266 e. The van der Waals surface area contributed by atoms with Crippen LogP contribution in [0.5, 0.6) is 5.75 Å². The molecule has 0 saturated carbocycles. The Labute approximate surface area is 192 Å². The minimum Gasteiger partial charge on any atom is -0.495 e. The van der Waals surface area contributed by atoms with E-state index < -0.39 is 0 Å². The predicted molar refractivity (Wildman–Crippen MR) is 129 cm³/mol. The Kier molecular flexibility index (Phi) is 6.55. The van der Waals surface area contributed by atoms with E-state index in [1.54, 1.807) is 17.7 Å². The molecule has 1 aliphatic heterocycles. The van der Waals surface area contributed by atoms with Gasteiger partial charge in [0.05, 0.1) is 29.5 Å². The number of fused-ring (bicyclic) bond motifs is 1. The fourth-order valence-corrected chi connectivity index (χ4v) is 5.38. The van der Waals surface area contributed by atoms with Crippen molar-refractivity contribution in [1.82, 2.24) is 14.5 Å². The second-order valence-electron chi connectivity index (χ2n) is 8.45. The van der Waals surface area contributed by atoms with E-state index in [9.17, 15) is 9.59 Å². The van der Waals surface area contributed by atoms with Gasteiger partial charge in [-0.25, -0.2) is 4.98 Å². The van der Waals surface area contributed by atoms with Gasteiger partial charge >= 0.3 is 0 Å². The number of para-hydroxylation sites is 1. The zero-order chi connectivity index (χ0) is 22.8. The van der Waals surface area contributed by atoms with Crippen molar-refractivity contribution < 1.29 is 9.53 Å². The summed E-state index contributed by atoms with van der Waals surface area (Å²) in [6.07, 6.45) is 3.21. The van der Waals surface area contributed by atoms with Gasteiger partial charge in [-0.05, 0) is 69.9 Å². The van der Waals surface area contributed by atoms with Crippen molar-refractivity contribution in [2.45, 2.75) is 57.3 Å². The summed E-state index contributed by atoms with van der Waals surface area (Å²) in [5.74, 6) is 0.897. The number of piperidine rings is 1. The largest absolute Gasteiger partial charge is 0.495 e. The first-order valence-electron chi connectivity index (χ1n) is 11.0. The highest BCUT2D eigenvalue weighted by atomic mass is 32.2.